The normalized spacial score (nSPS) is 11.0. The average molecular weight is 464 g/mol. The number of ether oxygens (including phenoxy) is 2. The van der Waals surface area contributed by atoms with Crippen molar-refractivity contribution in [3.8, 4) is 28.5 Å². The van der Waals surface area contributed by atoms with Gasteiger partial charge in [-0.25, -0.2) is 4.98 Å². The van der Waals surface area contributed by atoms with E-state index in [1.54, 1.807) is 6.26 Å². The van der Waals surface area contributed by atoms with Crippen LogP contribution < -0.4 is 4.74 Å². The molecular weight excluding hydrogens is 438 g/mol. The predicted octanol–water partition coefficient (Wildman–Crippen LogP) is 7.32. The number of hydrogen-bond donors (Lipinski definition) is 0. The van der Waals surface area contributed by atoms with Crippen LogP contribution in [0.1, 0.15) is 32.6 Å². The number of unbranched alkanes of at least 4 members (excludes halogenated alkanes) is 2. The molecule has 0 aliphatic heterocycles. The van der Waals surface area contributed by atoms with Gasteiger partial charge in [0.05, 0.1) is 13.2 Å². The molecule has 33 heavy (non-hydrogen) atoms. The molecular formula is C27H26ClNO4. The molecule has 1 aromatic heterocycles. The van der Waals surface area contributed by atoms with Gasteiger partial charge in [0.2, 0.25) is 5.89 Å². The van der Waals surface area contributed by atoms with Crippen molar-refractivity contribution < 1.29 is 18.7 Å². The van der Waals surface area contributed by atoms with Crippen molar-refractivity contribution in [1.29, 1.82) is 0 Å². The molecule has 4 aromatic rings. The minimum Gasteiger partial charge on any atom is -0.494 e. The van der Waals surface area contributed by atoms with Crippen molar-refractivity contribution in [3.05, 3.63) is 71.9 Å². The molecule has 5 nitrogen and oxygen atoms in total. The van der Waals surface area contributed by atoms with E-state index in [0.717, 1.165) is 52.6 Å². The van der Waals surface area contributed by atoms with Crippen molar-refractivity contribution in [2.24, 2.45) is 0 Å². The largest absolute Gasteiger partial charge is 0.494 e. The van der Waals surface area contributed by atoms with Crippen molar-refractivity contribution >= 4 is 28.3 Å². The number of benzene rings is 3. The van der Waals surface area contributed by atoms with E-state index in [2.05, 4.69) is 11.1 Å². The lowest BCUT2D eigenvalue weighted by molar-refractivity contribution is -0.143. The van der Waals surface area contributed by atoms with Crippen molar-refractivity contribution in [2.45, 2.75) is 32.6 Å². The van der Waals surface area contributed by atoms with E-state index < -0.39 is 0 Å². The number of carbonyl (C=O) groups excluding carboxylic acids is 1. The first-order valence-electron chi connectivity index (χ1n) is 11.2. The van der Waals surface area contributed by atoms with Gasteiger partial charge in [-0.05, 0) is 73.4 Å². The molecule has 0 bridgehead atoms. The van der Waals surface area contributed by atoms with Crippen LogP contribution in [0.15, 0.2) is 71.3 Å². The zero-order chi connectivity index (χ0) is 23.0. The third-order valence-corrected chi connectivity index (χ3v) is 5.55. The Morgan fingerprint density at radius 3 is 2.52 bits per heavy atom. The van der Waals surface area contributed by atoms with E-state index in [1.165, 1.54) is 0 Å². The van der Waals surface area contributed by atoms with E-state index in [1.807, 2.05) is 61.5 Å². The number of aromatic nitrogens is 1. The second-order valence-corrected chi connectivity index (χ2v) is 8.17. The third-order valence-electron chi connectivity index (χ3n) is 5.30. The number of nitrogens with zero attached hydrogens (tertiary/aromatic N) is 1. The van der Waals surface area contributed by atoms with E-state index in [9.17, 15) is 4.79 Å². The topological polar surface area (TPSA) is 61.6 Å². The van der Waals surface area contributed by atoms with Crippen LogP contribution in [0.4, 0.5) is 0 Å². The lowest BCUT2D eigenvalue weighted by atomic mass is 10.1. The van der Waals surface area contributed by atoms with Gasteiger partial charge in [-0.2, -0.15) is 0 Å². The van der Waals surface area contributed by atoms with Crippen LogP contribution in [0.2, 0.25) is 5.02 Å². The first-order chi connectivity index (χ1) is 16.1. The summed E-state index contributed by atoms with van der Waals surface area (Å²) in [5, 5.41) is 2.86. The number of halogens is 1. The highest BCUT2D eigenvalue weighted by atomic mass is 35.5. The smallest absolute Gasteiger partial charge is 0.305 e. The van der Waals surface area contributed by atoms with Gasteiger partial charge in [-0.3, -0.25) is 4.79 Å². The molecule has 170 valence electrons. The summed E-state index contributed by atoms with van der Waals surface area (Å²) in [6.07, 6.45) is 4.79. The average Bonchev–Trinajstić information content (AvgIpc) is 3.32. The fraction of sp³-hybridized carbons (Fsp3) is 0.259. The SMILES string of the molecule is CCOC(=O)CCCCCOc1ccc2cc(-c3nc(-c4ccc(Cl)cc4)co3)ccc2c1. The summed E-state index contributed by atoms with van der Waals surface area (Å²) in [4.78, 5) is 16.0. The Bertz CT molecular complexity index is 1220. The molecule has 0 unspecified atom stereocenters. The van der Waals surface area contributed by atoms with Gasteiger partial charge in [0.1, 0.15) is 17.7 Å². The maximum absolute atomic E-state index is 11.3. The van der Waals surface area contributed by atoms with Crippen LogP contribution in [0.5, 0.6) is 5.75 Å². The summed E-state index contributed by atoms with van der Waals surface area (Å²) in [5.74, 6) is 1.28. The van der Waals surface area contributed by atoms with E-state index in [4.69, 9.17) is 25.5 Å². The number of carbonyl (C=O) groups is 1. The predicted molar refractivity (Wildman–Crippen MR) is 130 cm³/mol. The lowest BCUT2D eigenvalue weighted by Gasteiger charge is -2.08. The molecule has 1 heterocycles. The molecule has 0 aliphatic rings. The molecule has 0 N–H and O–H groups in total. The second kappa shape index (κ2) is 11.0. The lowest BCUT2D eigenvalue weighted by Crippen LogP contribution is -2.04. The van der Waals surface area contributed by atoms with Gasteiger partial charge in [0.25, 0.3) is 0 Å². The van der Waals surface area contributed by atoms with Gasteiger partial charge in [-0.15, -0.1) is 0 Å². The van der Waals surface area contributed by atoms with E-state index in [-0.39, 0.29) is 5.97 Å². The monoisotopic (exact) mass is 463 g/mol. The first-order valence-corrected chi connectivity index (χ1v) is 11.5. The minimum absolute atomic E-state index is 0.127. The summed E-state index contributed by atoms with van der Waals surface area (Å²) in [7, 11) is 0. The Morgan fingerprint density at radius 2 is 1.70 bits per heavy atom. The Hall–Kier alpha value is -3.31. The summed E-state index contributed by atoms with van der Waals surface area (Å²) in [6, 6.07) is 19.7. The second-order valence-electron chi connectivity index (χ2n) is 7.73. The maximum Gasteiger partial charge on any atom is 0.305 e. The molecule has 0 fully saturated rings. The van der Waals surface area contributed by atoms with Crippen LogP contribution in [0, 0.1) is 0 Å². The van der Waals surface area contributed by atoms with Crippen LogP contribution in [0.25, 0.3) is 33.5 Å². The third kappa shape index (κ3) is 6.14. The zero-order valence-electron chi connectivity index (χ0n) is 18.6. The Labute approximate surface area is 198 Å². The highest BCUT2D eigenvalue weighted by Gasteiger charge is 2.10. The highest BCUT2D eigenvalue weighted by molar-refractivity contribution is 6.30. The fourth-order valence-corrected chi connectivity index (χ4v) is 3.70. The summed E-state index contributed by atoms with van der Waals surface area (Å²) in [5.41, 5.74) is 2.64. The standard InChI is InChI=1S/C27H26ClNO4/c1-2-31-26(30)6-4-3-5-15-32-24-14-11-20-16-22(8-7-21(20)17-24)27-29-25(18-33-27)19-9-12-23(28)13-10-19/h7-14,16-18H,2-6,15H2,1H3. The number of fused-ring (bicyclic) bond motifs is 1. The van der Waals surface area contributed by atoms with Crippen molar-refractivity contribution in [3.63, 3.8) is 0 Å². The Balaban J connectivity index is 1.34. The summed E-state index contributed by atoms with van der Waals surface area (Å²) >= 11 is 5.97. The molecule has 0 aliphatic carbocycles. The molecule has 0 spiro atoms. The van der Waals surface area contributed by atoms with Crippen LogP contribution in [-0.4, -0.2) is 24.2 Å². The van der Waals surface area contributed by atoms with Gasteiger partial charge in [0.15, 0.2) is 0 Å². The van der Waals surface area contributed by atoms with Gasteiger partial charge < -0.3 is 13.9 Å². The van der Waals surface area contributed by atoms with Crippen LogP contribution >= 0.6 is 11.6 Å². The van der Waals surface area contributed by atoms with E-state index in [0.29, 0.717) is 30.5 Å². The van der Waals surface area contributed by atoms with Gasteiger partial charge >= 0.3 is 5.97 Å². The van der Waals surface area contributed by atoms with Crippen LogP contribution in [0.3, 0.4) is 0 Å². The Morgan fingerprint density at radius 1 is 0.939 bits per heavy atom. The summed E-state index contributed by atoms with van der Waals surface area (Å²) in [6.45, 7) is 2.88. The molecule has 0 radical (unpaired) electrons. The minimum atomic E-state index is -0.127. The maximum atomic E-state index is 11.3. The highest BCUT2D eigenvalue weighted by Crippen LogP contribution is 2.29. The van der Waals surface area contributed by atoms with Crippen LogP contribution in [-0.2, 0) is 9.53 Å². The first kappa shape index (κ1) is 22.9. The van der Waals surface area contributed by atoms with Gasteiger partial charge in [-0.1, -0.05) is 35.9 Å². The molecule has 6 heteroatoms. The molecule has 4 rings (SSSR count). The molecule has 3 aromatic carbocycles. The zero-order valence-corrected chi connectivity index (χ0v) is 19.3. The fourth-order valence-electron chi connectivity index (χ4n) is 3.58. The quantitative estimate of drug-likeness (QED) is 0.182. The molecule has 0 amide bonds. The van der Waals surface area contributed by atoms with E-state index >= 15 is 0 Å². The number of rotatable bonds is 10. The van der Waals surface area contributed by atoms with Gasteiger partial charge in [0, 0.05) is 22.6 Å². The molecule has 0 saturated carbocycles. The number of hydrogen-bond acceptors (Lipinski definition) is 5. The molecule has 0 saturated heterocycles. The summed E-state index contributed by atoms with van der Waals surface area (Å²) < 4.78 is 16.5. The Kier molecular flexibility index (Phi) is 7.63. The van der Waals surface area contributed by atoms with Crippen molar-refractivity contribution in [2.75, 3.05) is 13.2 Å². The van der Waals surface area contributed by atoms with Crippen molar-refractivity contribution in [1.82, 2.24) is 4.98 Å². The number of oxazole rings is 1. The number of esters is 1. The molecule has 0 atom stereocenters.